The van der Waals surface area contributed by atoms with E-state index in [0.717, 1.165) is 5.56 Å². The number of fused-ring (bicyclic) bond motifs is 2. The summed E-state index contributed by atoms with van der Waals surface area (Å²) >= 11 is 7.37. The number of rotatable bonds is 6. The number of thioether (sulfide) groups is 1. The van der Waals surface area contributed by atoms with Crippen molar-refractivity contribution < 1.29 is 14.3 Å². The molecule has 0 bridgehead atoms. The van der Waals surface area contributed by atoms with Crippen molar-refractivity contribution in [2.24, 2.45) is 0 Å². The zero-order valence-electron chi connectivity index (χ0n) is 18.2. The molecule has 1 unspecified atom stereocenters. The molecule has 5 rings (SSSR count). The highest BCUT2D eigenvalue weighted by molar-refractivity contribution is 7.99. The Morgan fingerprint density at radius 3 is 2.79 bits per heavy atom. The maximum absolute atomic E-state index is 13.3. The Morgan fingerprint density at radius 1 is 1.12 bits per heavy atom. The van der Waals surface area contributed by atoms with E-state index in [9.17, 15) is 9.59 Å². The Morgan fingerprint density at radius 2 is 1.94 bits per heavy atom. The maximum Gasteiger partial charge on any atom is 0.266 e. The van der Waals surface area contributed by atoms with Gasteiger partial charge in [-0.1, -0.05) is 47.6 Å². The number of carbonyl (C=O) groups is 1. The minimum atomic E-state index is -0.234. The summed E-state index contributed by atoms with van der Waals surface area (Å²) in [5.41, 5.74) is 1.85. The van der Waals surface area contributed by atoms with Crippen LogP contribution in [0.5, 0.6) is 11.5 Å². The first-order chi connectivity index (χ1) is 16.5. The highest BCUT2D eigenvalue weighted by atomic mass is 35.5. The van der Waals surface area contributed by atoms with Gasteiger partial charge < -0.3 is 14.8 Å². The van der Waals surface area contributed by atoms with Crippen LogP contribution < -0.4 is 20.3 Å². The van der Waals surface area contributed by atoms with E-state index < -0.39 is 0 Å². The van der Waals surface area contributed by atoms with Crippen LogP contribution in [0, 0.1) is 0 Å². The Hall–Kier alpha value is -3.49. The second kappa shape index (κ2) is 9.40. The van der Waals surface area contributed by atoms with Crippen molar-refractivity contribution in [2.45, 2.75) is 18.1 Å². The minimum Gasteiger partial charge on any atom is -0.454 e. The molecule has 0 saturated carbocycles. The minimum absolute atomic E-state index is 0.0836. The highest BCUT2D eigenvalue weighted by Gasteiger charge is 2.18. The van der Waals surface area contributed by atoms with Gasteiger partial charge in [-0.05, 0) is 55.0 Å². The van der Waals surface area contributed by atoms with E-state index in [2.05, 4.69) is 10.3 Å². The molecule has 0 fully saturated rings. The Balaban J connectivity index is 1.38. The first kappa shape index (κ1) is 22.3. The molecule has 7 nitrogen and oxygen atoms in total. The number of nitrogens with zero attached hydrogens (tertiary/aromatic N) is 2. The Kier molecular flexibility index (Phi) is 6.17. The van der Waals surface area contributed by atoms with Crippen LogP contribution >= 0.6 is 23.4 Å². The lowest BCUT2D eigenvalue weighted by atomic mass is 10.1. The molecule has 1 atom stereocenters. The number of ether oxygens (including phenoxy) is 2. The molecule has 1 aliphatic heterocycles. The lowest BCUT2D eigenvalue weighted by Crippen LogP contribution is -2.29. The van der Waals surface area contributed by atoms with E-state index in [1.54, 1.807) is 42.5 Å². The van der Waals surface area contributed by atoms with Crippen LogP contribution in [0.25, 0.3) is 16.6 Å². The molecule has 3 aromatic carbocycles. The molecule has 0 saturated heterocycles. The summed E-state index contributed by atoms with van der Waals surface area (Å²) in [4.78, 5) is 30.7. The number of para-hydroxylation sites is 1. The van der Waals surface area contributed by atoms with Crippen molar-refractivity contribution in [3.05, 3.63) is 87.7 Å². The van der Waals surface area contributed by atoms with Gasteiger partial charge in [-0.15, -0.1) is 0 Å². The number of benzene rings is 3. The second-order valence-electron chi connectivity index (χ2n) is 7.72. The average Bonchev–Trinajstić information content (AvgIpc) is 3.31. The fourth-order valence-corrected chi connectivity index (χ4v) is 4.74. The highest BCUT2D eigenvalue weighted by Crippen LogP contribution is 2.34. The molecule has 9 heteroatoms. The molecular weight excluding hydrogens is 474 g/mol. The third-order valence-corrected chi connectivity index (χ3v) is 6.59. The predicted octanol–water partition coefficient (Wildman–Crippen LogP) is 4.74. The first-order valence-electron chi connectivity index (χ1n) is 10.6. The molecule has 0 spiro atoms. The van der Waals surface area contributed by atoms with E-state index in [4.69, 9.17) is 21.1 Å². The quantitative estimate of drug-likeness (QED) is 0.308. The van der Waals surface area contributed by atoms with Crippen molar-refractivity contribution >= 4 is 40.2 Å². The summed E-state index contributed by atoms with van der Waals surface area (Å²) in [5, 5.41) is 4.40. The van der Waals surface area contributed by atoms with Crippen molar-refractivity contribution in [3.8, 4) is 17.2 Å². The molecule has 1 aromatic heterocycles. The van der Waals surface area contributed by atoms with Gasteiger partial charge in [-0.25, -0.2) is 4.98 Å². The third-order valence-electron chi connectivity index (χ3n) is 5.42. The van der Waals surface area contributed by atoms with Crippen LogP contribution in [0.15, 0.2) is 76.7 Å². The van der Waals surface area contributed by atoms with Crippen LogP contribution in [-0.4, -0.2) is 28.0 Å². The number of nitrogens with one attached hydrogen (secondary N) is 1. The number of aromatic nitrogens is 2. The number of amides is 1. The fourth-order valence-electron chi connectivity index (χ4n) is 3.73. The van der Waals surface area contributed by atoms with Gasteiger partial charge in [0.1, 0.15) is 0 Å². The number of carbonyl (C=O) groups excluding carboxylic acids is 1. The van der Waals surface area contributed by atoms with E-state index in [0.29, 0.717) is 38.3 Å². The lowest BCUT2D eigenvalue weighted by Gasteiger charge is -2.16. The summed E-state index contributed by atoms with van der Waals surface area (Å²) < 4.78 is 12.3. The molecule has 1 aliphatic rings. The standard InChI is InChI=1S/C25H20ClN3O4S/c1-15(16-9-10-21-22(11-16)33-14-32-21)27-23(30)13-34-25-28-20-8-3-2-7-19(20)24(31)29(25)18-6-4-5-17(26)12-18/h2-12,15H,13-14H2,1H3,(H,27,30). The summed E-state index contributed by atoms with van der Waals surface area (Å²) in [7, 11) is 0. The molecule has 0 radical (unpaired) electrons. The molecule has 4 aromatic rings. The van der Waals surface area contributed by atoms with Gasteiger partial charge in [0.25, 0.3) is 5.56 Å². The van der Waals surface area contributed by atoms with Gasteiger partial charge in [0.15, 0.2) is 16.7 Å². The molecule has 1 N–H and O–H groups in total. The zero-order chi connectivity index (χ0) is 23.7. The van der Waals surface area contributed by atoms with Crippen molar-refractivity contribution in [1.82, 2.24) is 14.9 Å². The Bertz CT molecular complexity index is 1460. The second-order valence-corrected chi connectivity index (χ2v) is 9.10. The molecule has 2 heterocycles. The van der Waals surface area contributed by atoms with Crippen LogP contribution in [0.2, 0.25) is 5.02 Å². The topological polar surface area (TPSA) is 82.5 Å². The molecular formula is C25H20ClN3O4S. The van der Waals surface area contributed by atoms with Crippen molar-refractivity contribution in [2.75, 3.05) is 12.5 Å². The number of hydrogen-bond donors (Lipinski definition) is 1. The lowest BCUT2D eigenvalue weighted by molar-refractivity contribution is -0.119. The van der Waals surface area contributed by atoms with Crippen LogP contribution in [0.1, 0.15) is 18.5 Å². The van der Waals surface area contributed by atoms with Gasteiger partial charge in [-0.2, -0.15) is 0 Å². The largest absolute Gasteiger partial charge is 0.454 e. The third kappa shape index (κ3) is 4.47. The van der Waals surface area contributed by atoms with Gasteiger partial charge in [0, 0.05) is 5.02 Å². The monoisotopic (exact) mass is 493 g/mol. The predicted molar refractivity (Wildman–Crippen MR) is 132 cm³/mol. The molecule has 1 amide bonds. The maximum atomic E-state index is 13.3. The average molecular weight is 494 g/mol. The van der Waals surface area contributed by atoms with Crippen LogP contribution in [0.4, 0.5) is 0 Å². The fraction of sp³-hybridized carbons (Fsp3) is 0.160. The first-order valence-corrected chi connectivity index (χ1v) is 12.0. The van der Waals surface area contributed by atoms with Gasteiger partial charge in [0.2, 0.25) is 12.7 Å². The number of halogens is 1. The smallest absolute Gasteiger partial charge is 0.266 e. The van der Waals surface area contributed by atoms with E-state index >= 15 is 0 Å². The Labute approximate surface area is 204 Å². The van der Waals surface area contributed by atoms with E-state index in [1.165, 1.54) is 16.3 Å². The van der Waals surface area contributed by atoms with E-state index in [-0.39, 0.29) is 30.1 Å². The van der Waals surface area contributed by atoms with E-state index in [1.807, 2.05) is 31.2 Å². The molecule has 34 heavy (non-hydrogen) atoms. The summed E-state index contributed by atoms with van der Waals surface area (Å²) in [6, 6.07) is 19.5. The van der Waals surface area contributed by atoms with Gasteiger partial charge in [-0.3, -0.25) is 14.2 Å². The van der Waals surface area contributed by atoms with Gasteiger partial charge >= 0.3 is 0 Å². The summed E-state index contributed by atoms with van der Waals surface area (Å²) in [5.74, 6) is 1.26. The van der Waals surface area contributed by atoms with Crippen molar-refractivity contribution in [3.63, 3.8) is 0 Å². The van der Waals surface area contributed by atoms with Crippen LogP contribution in [-0.2, 0) is 4.79 Å². The molecule has 0 aliphatic carbocycles. The van der Waals surface area contributed by atoms with Gasteiger partial charge in [0.05, 0.1) is 28.4 Å². The summed E-state index contributed by atoms with van der Waals surface area (Å²) in [6.07, 6.45) is 0. The molecule has 172 valence electrons. The number of hydrogen-bond acceptors (Lipinski definition) is 6. The normalized spacial score (nSPS) is 13.1. The zero-order valence-corrected chi connectivity index (χ0v) is 19.7. The van der Waals surface area contributed by atoms with Crippen molar-refractivity contribution in [1.29, 1.82) is 0 Å². The van der Waals surface area contributed by atoms with Crippen LogP contribution in [0.3, 0.4) is 0 Å². The summed E-state index contributed by atoms with van der Waals surface area (Å²) in [6.45, 7) is 2.10. The SMILES string of the molecule is CC(NC(=O)CSc1nc2ccccc2c(=O)n1-c1cccc(Cl)c1)c1ccc2c(c1)OCO2.